The summed E-state index contributed by atoms with van der Waals surface area (Å²) in [6.45, 7) is 4.32. The van der Waals surface area contributed by atoms with E-state index >= 15 is 0 Å². The van der Waals surface area contributed by atoms with Crippen molar-refractivity contribution < 1.29 is 0 Å². The van der Waals surface area contributed by atoms with Crippen LogP contribution in [0.2, 0.25) is 0 Å². The standard InChI is InChI=1S/C17H36N2/c1-2-3-4-5-6-7-8-9-10-11-12-13-16-19-17-14-15-18/h14-15,19H,2-13,16-18H2,1H3. The molecular weight excluding hydrogens is 232 g/mol. The highest BCUT2D eigenvalue weighted by molar-refractivity contribution is 4.77. The van der Waals surface area contributed by atoms with Crippen LogP contribution in [0.15, 0.2) is 12.3 Å². The number of unbranched alkanes of at least 4 members (excludes halogenated alkanes) is 11. The van der Waals surface area contributed by atoms with Gasteiger partial charge in [0, 0.05) is 6.54 Å². The average Bonchev–Trinajstić information content (AvgIpc) is 2.43. The third-order valence-electron chi connectivity index (χ3n) is 3.61. The minimum absolute atomic E-state index is 0.911. The molecule has 2 nitrogen and oxygen atoms in total. The van der Waals surface area contributed by atoms with Gasteiger partial charge in [-0.3, -0.25) is 0 Å². The Balaban J connectivity index is 2.91. The third-order valence-corrected chi connectivity index (χ3v) is 3.61. The molecule has 0 unspecified atom stereocenters. The third kappa shape index (κ3) is 17.5. The number of hydrogen-bond acceptors (Lipinski definition) is 2. The minimum Gasteiger partial charge on any atom is -0.405 e. The van der Waals surface area contributed by atoms with Crippen LogP contribution in [-0.4, -0.2) is 13.1 Å². The van der Waals surface area contributed by atoms with Gasteiger partial charge in [0.1, 0.15) is 0 Å². The Hall–Kier alpha value is -0.500. The van der Waals surface area contributed by atoms with E-state index in [0.29, 0.717) is 0 Å². The molecule has 0 saturated heterocycles. The lowest BCUT2D eigenvalue weighted by atomic mass is 10.1. The zero-order chi connectivity index (χ0) is 14.0. The van der Waals surface area contributed by atoms with Crippen molar-refractivity contribution in [2.75, 3.05) is 13.1 Å². The first-order valence-corrected chi connectivity index (χ1v) is 8.49. The highest BCUT2D eigenvalue weighted by Gasteiger charge is 1.93. The van der Waals surface area contributed by atoms with Gasteiger partial charge in [-0.2, -0.15) is 0 Å². The molecule has 0 aliphatic heterocycles. The van der Waals surface area contributed by atoms with Crippen molar-refractivity contribution in [2.24, 2.45) is 5.73 Å². The van der Waals surface area contributed by atoms with Crippen LogP contribution < -0.4 is 11.1 Å². The van der Waals surface area contributed by atoms with Crippen molar-refractivity contribution in [3.8, 4) is 0 Å². The van der Waals surface area contributed by atoms with E-state index in [4.69, 9.17) is 5.73 Å². The molecule has 0 rings (SSSR count). The molecule has 0 saturated carbocycles. The van der Waals surface area contributed by atoms with Crippen molar-refractivity contribution in [3.63, 3.8) is 0 Å². The van der Waals surface area contributed by atoms with E-state index in [1.165, 1.54) is 77.0 Å². The van der Waals surface area contributed by atoms with E-state index in [2.05, 4.69) is 12.2 Å². The monoisotopic (exact) mass is 268 g/mol. The van der Waals surface area contributed by atoms with Crippen molar-refractivity contribution >= 4 is 0 Å². The number of nitrogens with two attached hydrogens (primary N) is 1. The summed E-state index contributed by atoms with van der Waals surface area (Å²) in [6.07, 6.45) is 20.6. The van der Waals surface area contributed by atoms with E-state index in [1.807, 2.05) is 6.08 Å². The molecule has 0 aliphatic carbocycles. The Morgan fingerprint density at radius 2 is 1.21 bits per heavy atom. The highest BCUT2D eigenvalue weighted by Crippen LogP contribution is 2.11. The maximum absolute atomic E-state index is 5.26. The molecule has 0 fully saturated rings. The zero-order valence-electron chi connectivity index (χ0n) is 13.1. The van der Waals surface area contributed by atoms with Crippen LogP contribution in [0.4, 0.5) is 0 Å². The summed E-state index contributed by atoms with van der Waals surface area (Å²) >= 11 is 0. The molecule has 0 radical (unpaired) electrons. The molecule has 0 amide bonds. The van der Waals surface area contributed by atoms with E-state index in [9.17, 15) is 0 Å². The molecule has 114 valence electrons. The van der Waals surface area contributed by atoms with E-state index < -0.39 is 0 Å². The summed E-state index contributed by atoms with van der Waals surface area (Å²) in [4.78, 5) is 0. The van der Waals surface area contributed by atoms with Crippen molar-refractivity contribution in [1.29, 1.82) is 0 Å². The fraction of sp³-hybridized carbons (Fsp3) is 0.882. The molecule has 0 aromatic heterocycles. The Morgan fingerprint density at radius 1 is 0.737 bits per heavy atom. The second kappa shape index (κ2) is 17.5. The first-order chi connectivity index (χ1) is 9.41. The maximum atomic E-state index is 5.26. The largest absolute Gasteiger partial charge is 0.405 e. The van der Waals surface area contributed by atoms with Gasteiger partial charge in [-0.05, 0) is 19.2 Å². The molecule has 19 heavy (non-hydrogen) atoms. The van der Waals surface area contributed by atoms with Crippen LogP contribution >= 0.6 is 0 Å². The molecular formula is C17H36N2. The number of rotatable bonds is 15. The quantitative estimate of drug-likeness (QED) is 0.421. The van der Waals surface area contributed by atoms with Crippen molar-refractivity contribution in [1.82, 2.24) is 5.32 Å². The Labute approximate surface area is 121 Å². The summed E-state index contributed by atoms with van der Waals surface area (Å²) in [7, 11) is 0. The molecule has 0 heterocycles. The van der Waals surface area contributed by atoms with Gasteiger partial charge in [0.25, 0.3) is 0 Å². The zero-order valence-corrected chi connectivity index (χ0v) is 13.1. The van der Waals surface area contributed by atoms with Crippen LogP contribution in [0, 0.1) is 0 Å². The fourth-order valence-corrected chi connectivity index (χ4v) is 2.34. The summed E-state index contributed by atoms with van der Waals surface area (Å²) in [6, 6.07) is 0. The maximum Gasteiger partial charge on any atom is 0.0151 e. The lowest BCUT2D eigenvalue weighted by molar-refractivity contribution is 0.539. The van der Waals surface area contributed by atoms with Gasteiger partial charge >= 0.3 is 0 Å². The summed E-state index contributed by atoms with van der Waals surface area (Å²) in [5.41, 5.74) is 5.26. The molecule has 0 aliphatic rings. The van der Waals surface area contributed by atoms with Crippen molar-refractivity contribution in [3.05, 3.63) is 12.3 Å². The van der Waals surface area contributed by atoms with Crippen LogP contribution in [0.5, 0.6) is 0 Å². The van der Waals surface area contributed by atoms with Gasteiger partial charge in [0.05, 0.1) is 0 Å². The molecule has 0 bridgehead atoms. The Bertz CT molecular complexity index is 178. The predicted octanol–water partition coefficient (Wildman–Crippen LogP) is 4.75. The Morgan fingerprint density at radius 3 is 1.68 bits per heavy atom. The molecule has 2 heteroatoms. The van der Waals surface area contributed by atoms with Gasteiger partial charge in [0.2, 0.25) is 0 Å². The van der Waals surface area contributed by atoms with Crippen LogP contribution in [0.1, 0.15) is 84.0 Å². The van der Waals surface area contributed by atoms with E-state index in [1.54, 1.807) is 6.20 Å². The van der Waals surface area contributed by atoms with Gasteiger partial charge in [-0.1, -0.05) is 83.6 Å². The molecule has 0 spiro atoms. The van der Waals surface area contributed by atoms with Gasteiger partial charge in [-0.25, -0.2) is 0 Å². The first kappa shape index (κ1) is 18.5. The summed E-state index contributed by atoms with van der Waals surface area (Å²) in [5.74, 6) is 0. The first-order valence-electron chi connectivity index (χ1n) is 8.49. The fourth-order valence-electron chi connectivity index (χ4n) is 2.34. The van der Waals surface area contributed by atoms with Crippen LogP contribution in [0.25, 0.3) is 0 Å². The highest BCUT2D eigenvalue weighted by atomic mass is 14.8. The van der Waals surface area contributed by atoms with E-state index in [-0.39, 0.29) is 0 Å². The summed E-state index contributed by atoms with van der Waals surface area (Å²) < 4.78 is 0. The lowest BCUT2D eigenvalue weighted by Gasteiger charge is -2.03. The second-order valence-electron chi connectivity index (χ2n) is 5.52. The molecule has 0 aromatic carbocycles. The van der Waals surface area contributed by atoms with Crippen molar-refractivity contribution in [2.45, 2.75) is 84.0 Å². The van der Waals surface area contributed by atoms with Gasteiger partial charge < -0.3 is 11.1 Å². The molecule has 3 N–H and O–H groups in total. The molecule has 0 aromatic rings. The van der Waals surface area contributed by atoms with E-state index in [0.717, 1.165) is 13.1 Å². The van der Waals surface area contributed by atoms with Gasteiger partial charge in [0.15, 0.2) is 0 Å². The Kier molecular flexibility index (Phi) is 17.0. The van der Waals surface area contributed by atoms with Crippen LogP contribution in [-0.2, 0) is 0 Å². The van der Waals surface area contributed by atoms with Gasteiger partial charge in [-0.15, -0.1) is 0 Å². The predicted molar refractivity (Wildman–Crippen MR) is 87.3 cm³/mol. The number of hydrogen-bond donors (Lipinski definition) is 2. The normalized spacial score (nSPS) is 11.4. The second-order valence-corrected chi connectivity index (χ2v) is 5.52. The SMILES string of the molecule is CCCCCCCCCCCCCCNCC=CN. The number of nitrogens with one attached hydrogen (secondary N) is 1. The lowest BCUT2D eigenvalue weighted by Crippen LogP contribution is -2.15. The average molecular weight is 268 g/mol. The smallest absolute Gasteiger partial charge is 0.0151 e. The molecule has 0 atom stereocenters. The summed E-state index contributed by atoms with van der Waals surface area (Å²) in [5, 5.41) is 3.36. The topological polar surface area (TPSA) is 38.0 Å². The van der Waals surface area contributed by atoms with Crippen LogP contribution in [0.3, 0.4) is 0 Å². The minimum atomic E-state index is 0.911.